The second kappa shape index (κ2) is 6.75. The van der Waals surface area contributed by atoms with Crippen LogP contribution in [0.5, 0.6) is 0 Å². The number of amides is 1. The largest absolute Gasteiger partial charge is 0.389 e. The van der Waals surface area contributed by atoms with Crippen molar-refractivity contribution in [3.8, 4) is 0 Å². The van der Waals surface area contributed by atoms with E-state index in [9.17, 15) is 9.90 Å². The first-order chi connectivity index (χ1) is 8.49. The minimum Gasteiger partial charge on any atom is -0.389 e. The number of nitrogens with one attached hydrogen (secondary N) is 1. The van der Waals surface area contributed by atoms with Crippen LogP contribution < -0.4 is 10.2 Å². The maximum absolute atomic E-state index is 11.5. The number of nitrogens with zero attached hydrogens (tertiary/aromatic N) is 1. The SMILES string of the molecule is CCN(CC(=O)NC)c1cc(Br)ccc1C(C)O. The van der Waals surface area contributed by atoms with Gasteiger partial charge in [-0.05, 0) is 26.0 Å². The van der Waals surface area contributed by atoms with E-state index >= 15 is 0 Å². The molecule has 0 bridgehead atoms. The van der Waals surface area contributed by atoms with Gasteiger partial charge in [0, 0.05) is 29.3 Å². The lowest BCUT2D eigenvalue weighted by molar-refractivity contribution is -0.119. The Morgan fingerprint density at radius 1 is 1.56 bits per heavy atom. The molecule has 18 heavy (non-hydrogen) atoms. The van der Waals surface area contributed by atoms with Crippen molar-refractivity contribution in [2.45, 2.75) is 20.0 Å². The lowest BCUT2D eigenvalue weighted by atomic mass is 10.1. The fraction of sp³-hybridized carbons (Fsp3) is 0.462. The van der Waals surface area contributed by atoms with Gasteiger partial charge in [-0.25, -0.2) is 0 Å². The summed E-state index contributed by atoms with van der Waals surface area (Å²) in [5.41, 5.74) is 1.70. The third-order valence-corrected chi connectivity index (χ3v) is 3.27. The van der Waals surface area contributed by atoms with Gasteiger partial charge in [-0.3, -0.25) is 4.79 Å². The Labute approximate surface area is 116 Å². The Morgan fingerprint density at radius 3 is 2.72 bits per heavy atom. The van der Waals surface area contributed by atoms with E-state index in [4.69, 9.17) is 0 Å². The van der Waals surface area contributed by atoms with Crippen LogP contribution in [-0.4, -0.2) is 31.2 Å². The fourth-order valence-electron chi connectivity index (χ4n) is 1.76. The van der Waals surface area contributed by atoms with Crippen LogP contribution in [0.4, 0.5) is 5.69 Å². The number of aliphatic hydroxyl groups excluding tert-OH is 1. The van der Waals surface area contributed by atoms with Gasteiger partial charge in [-0.15, -0.1) is 0 Å². The predicted molar refractivity (Wildman–Crippen MR) is 76.7 cm³/mol. The number of aliphatic hydroxyl groups is 1. The van der Waals surface area contributed by atoms with Gasteiger partial charge in [0.15, 0.2) is 0 Å². The molecule has 5 heteroatoms. The van der Waals surface area contributed by atoms with Crippen LogP contribution in [-0.2, 0) is 4.79 Å². The van der Waals surface area contributed by atoms with Crippen molar-refractivity contribution in [1.29, 1.82) is 0 Å². The number of hydrogen-bond acceptors (Lipinski definition) is 3. The van der Waals surface area contributed by atoms with E-state index in [0.717, 1.165) is 15.7 Å². The van der Waals surface area contributed by atoms with Crippen LogP contribution in [0.25, 0.3) is 0 Å². The molecule has 100 valence electrons. The zero-order valence-corrected chi connectivity index (χ0v) is 12.5. The van der Waals surface area contributed by atoms with E-state index in [0.29, 0.717) is 6.54 Å². The Hall–Kier alpha value is -1.07. The molecule has 1 aromatic carbocycles. The first-order valence-corrected chi connectivity index (χ1v) is 6.72. The molecule has 0 heterocycles. The molecule has 0 aliphatic rings. The van der Waals surface area contributed by atoms with Crippen molar-refractivity contribution in [3.05, 3.63) is 28.2 Å². The van der Waals surface area contributed by atoms with Crippen LogP contribution in [0.2, 0.25) is 0 Å². The highest BCUT2D eigenvalue weighted by Crippen LogP contribution is 2.29. The molecular formula is C13H19BrN2O2. The molecule has 0 aliphatic carbocycles. The smallest absolute Gasteiger partial charge is 0.239 e. The van der Waals surface area contributed by atoms with Gasteiger partial charge >= 0.3 is 0 Å². The second-order valence-corrected chi connectivity index (χ2v) is 4.98. The highest BCUT2D eigenvalue weighted by Gasteiger charge is 2.15. The van der Waals surface area contributed by atoms with Crippen LogP contribution in [0.1, 0.15) is 25.5 Å². The van der Waals surface area contributed by atoms with Crippen molar-refractivity contribution in [3.63, 3.8) is 0 Å². The molecule has 0 radical (unpaired) electrons. The number of rotatable bonds is 5. The molecule has 0 saturated heterocycles. The highest BCUT2D eigenvalue weighted by molar-refractivity contribution is 9.10. The number of benzene rings is 1. The summed E-state index contributed by atoms with van der Waals surface area (Å²) in [7, 11) is 1.62. The van der Waals surface area contributed by atoms with Crippen molar-refractivity contribution in [2.75, 3.05) is 25.0 Å². The third kappa shape index (κ3) is 3.71. The summed E-state index contributed by atoms with van der Waals surface area (Å²) in [6.45, 7) is 4.68. The van der Waals surface area contributed by atoms with E-state index in [1.54, 1.807) is 14.0 Å². The Bertz CT molecular complexity index is 421. The molecule has 2 N–H and O–H groups in total. The fourth-order valence-corrected chi connectivity index (χ4v) is 2.11. The van der Waals surface area contributed by atoms with Gasteiger partial charge in [0.05, 0.1) is 12.6 Å². The number of anilines is 1. The van der Waals surface area contributed by atoms with Gasteiger partial charge in [-0.1, -0.05) is 22.0 Å². The average Bonchev–Trinajstić information content (AvgIpc) is 2.35. The zero-order valence-electron chi connectivity index (χ0n) is 10.9. The van der Waals surface area contributed by atoms with Crippen LogP contribution in [0.15, 0.2) is 22.7 Å². The summed E-state index contributed by atoms with van der Waals surface area (Å²) >= 11 is 3.42. The van der Waals surface area contributed by atoms with Crippen molar-refractivity contribution < 1.29 is 9.90 Å². The minimum atomic E-state index is -0.563. The maximum Gasteiger partial charge on any atom is 0.239 e. The Morgan fingerprint density at radius 2 is 2.22 bits per heavy atom. The summed E-state index contributed by atoms with van der Waals surface area (Å²) in [4.78, 5) is 13.4. The highest BCUT2D eigenvalue weighted by atomic mass is 79.9. The van der Waals surface area contributed by atoms with Crippen molar-refractivity contribution in [1.82, 2.24) is 5.32 Å². The number of likely N-dealkylation sites (N-methyl/N-ethyl adjacent to an activating group) is 2. The topological polar surface area (TPSA) is 52.6 Å². The molecule has 0 spiro atoms. The Kier molecular flexibility index (Phi) is 5.62. The maximum atomic E-state index is 11.5. The summed E-state index contributed by atoms with van der Waals surface area (Å²) in [5, 5.41) is 12.4. The van der Waals surface area contributed by atoms with Gasteiger partial charge in [0.1, 0.15) is 0 Å². The molecule has 0 aliphatic heterocycles. The average molecular weight is 315 g/mol. The van der Waals surface area contributed by atoms with E-state index in [-0.39, 0.29) is 12.5 Å². The van der Waals surface area contributed by atoms with Gasteiger partial charge < -0.3 is 15.3 Å². The molecule has 1 rings (SSSR count). The quantitative estimate of drug-likeness (QED) is 0.875. The molecule has 0 fully saturated rings. The molecule has 1 aromatic rings. The van der Waals surface area contributed by atoms with Crippen LogP contribution in [0.3, 0.4) is 0 Å². The van der Waals surface area contributed by atoms with Crippen molar-refractivity contribution in [2.24, 2.45) is 0 Å². The van der Waals surface area contributed by atoms with Crippen molar-refractivity contribution >= 4 is 27.5 Å². The van der Waals surface area contributed by atoms with Crippen LogP contribution >= 0.6 is 15.9 Å². The zero-order chi connectivity index (χ0) is 13.7. The standard InChI is InChI=1S/C13H19BrN2O2/c1-4-16(8-13(18)15-3)12-7-10(14)5-6-11(12)9(2)17/h5-7,9,17H,4,8H2,1-3H3,(H,15,18). The number of hydrogen-bond donors (Lipinski definition) is 2. The molecule has 1 unspecified atom stereocenters. The lowest BCUT2D eigenvalue weighted by Crippen LogP contribution is -2.36. The molecule has 1 atom stereocenters. The molecule has 4 nitrogen and oxygen atoms in total. The molecule has 0 aromatic heterocycles. The first kappa shape index (κ1) is 15.0. The number of carbonyl (C=O) groups excluding carboxylic acids is 1. The summed E-state index contributed by atoms with van der Waals surface area (Å²) in [6, 6.07) is 5.68. The molecular weight excluding hydrogens is 296 g/mol. The third-order valence-electron chi connectivity index (χ3n) is 2.78. The molecule has 1 amide bonds. The normalized spacial score (nSPS) is 12.1. The van der Waals surface area contributed by atoms with E-state index in [1.165, 1.54) is 0 Å². The van der Waals surface area contributed by atoms with Gasteiger partial charge in [0.2, 0.25) is 5.91 Å². The van der Waals surface area contributed by atoms with E-state index in [1.807, 2.05) is 30.0 Å². The minimum absolute atomic E-state index is 0.0478. The first-order valence-electron chi connectivity index (χ1n) is 5.92. The van der Waals surface area contributed by atoms with Gasteiger partial charge in [0.25, 0.3) is 0 Å². The summed E-state index contributed by atoms with van der Waals surface area (Å²) in [5.74, 6) is -0.0478. The predicted octanol–water partition coefficient (Wildman–Crippen LogP) is 2.07. The van der Waals surface area contributed by atoms with E-state index < -0.39 is 6.10 Å². The Balaban J connectivity index is 3.10. The van der Waals surface area contributed by atoms with Gasteiger partial charge in [-0.2, -0.15) is 0 Å². The number of halogens is 1. The monoisotopic (exact) mass is 314 g/mol. The summed E-state index contributed by atoms with van der Waals surface area (Å²) < 4.78 is 0.928. The number of carbonyl (C=O) groups is 1. The lowest BCUT2D eigenvalue weighted by Gasteiger charge is -2.26. The summed E-state index contributed by atoms with van der Waals surface area (Å²) in [6.07, 6.45) is -0.563. The second-order valence-electron chi connectivity index (χ2n) is 4.07. The van der Waals surface area contributed by atoms with Crippen LogP contribution in [0, 0.1) is 0 Å². The van der Waals surface area contributed by atoms with E-state index in [2.05, 4.69) is 21.2 Å². The molecule has 0 saturated carbocycles.